The molecule has 3 aromatic heterocycles. The van der Waals surface area contributed by atoms with Gasteiger partial charge in [0.05, 0.1) is 46.0 Å². The van der Waals surface area contributed by atoms with Gasteiger partial charge >= 0.3 is 11.9 Å². The first-order chi connectivity index (χ1) is 28.7. The molecule has 2 amide bonds. The van der Waals surface area contributed by atoms with Crippen LogP contribution in [0.1, 0.15) is 50.1 Å². The second kappa shape index (κ2) is 15.1. The number of carbonyl (C=O) groups excluding carboxylic acids is 2. The number of nitrogens with zero attached hydrogens (tertiary/aromatic N) is 7. The second-order valence-corrected chi connectivity index (χ2v) is 18.4. The lowest BCUT2D eigenvalue weighted by molar-refractivity contribution is -0.138. The third kappa shape index (κ3) is 7.55. The Labute approximate surface area is 341 Å². The number of aryl methyl sites for hydroxylation is 1. The van der Waals surface area contributed by atoms with Gasteiger partial charge in [0.25, 0.3) is 0 Å². The molecule has 2 aromatic carbocycles. The van der Waals surface area contributed by atoms with Gasteiger partial charge in [0.2, 0.25) is 17.8 Å². The van der Waals surface area contributed by atoms with E-state index in [4.69, 9.17) is 9.15 Å². The highest BCUT2D eigenvalue weighted by Crippen LogP contribution is 2.52. The van der Waals surface area contributed by atoms with E-state index < -0.39 is 44.5 Å². The number of benzene rings is 2. The van der Waals surface area contributed by atoms with E-state index in [9.17, 15) is 36.0 Å². The van der Waals surface area contributed by atoms with E-state index in [0.717, 1.165) is 38.2 Å². The number of carbonyl (C=O) groups is 2. The number of fused-ring (bicyclic) bond motifs is 1. The van der Waals surface area contributed by atoms with Gasteiger partial charge in [0.15, 0.2) is 15.4 Å². The van der Waals surface area contributed by atoms with Crippen LogP contribution in [0.2, 0.25) is 0 Å². The first-order valence-electron chi connectivity index (χ1n) is 19.8. The number of sulfone groups is 1. The number of ether oxygens (including phenoxy) is 1. The Balaban J connectivity index is 0.729. The second-order valence-electron chi connectivity index (χ2n) is 16.2. The van der Waals surface area contributed by atoms with Gasteiger partial charge in [0.1, 0.15) is 11.6 Å². The summed E-state index contributed by atoms with van der Waals surface area (Å²) in [6.07, 6.45) is 2.14. The topological polar surface area (TPSA) is 187 Å². The number of para-hydroxylation sites is 1. The molecule has 60 heavy (non-hydrogen) atoms. The van der Waals surface area contributed by atoms with Crippen molar-refractivity contribution in [2.24, 2.45) is 12.5 Å². The number of halogens is 3. The van der Waals surface area contributed by atoms with Crippen molar-refractivity contribution in [2.45, 2.75) is 67.0 Å². The predicted molar refractivity (Wildman–Crippen MR) is 211 cm³/mol. The molecule has 6 heterocycles. The maximum Gasteiger partial charge on any atom is 0.420 e. The molecule has 16 nitrogen and oxygen atoms in total. The number of piperidine rings is 2. The van der Waals surface area contributed by atoms with Crippen molar-refractivity contribution in [2.75, 3.05) is 49.5 Å². The monoisotopic (exact) mass is 849 g/mol. The van der Waals surface area contributed by atoms with E-state index in [0.29, 0.717) is 55.5 Å². The fourth-order valence-corrected chi connectivity index (χ4v) is 10.9. The zero-order valence-electron chi connectivity index (χ0n) is 32.5. The largest absolute Gasteiger partial charge is 0.420 e. The number of imide groups is 1. The molecule has 4 fully saturated rings. The lowest BCUT2D eigenvalue weighted by Crippen LogP contribution is -2.54. The van der Waals surface area contributed by atoms with Gasteiger partial charge in [-0.3, -0.25) is 24.2 Å². The van der Waals surface area contributed by atoms with Crippen molar-refractivity contribution < 1.29 is 40.3 Å². The number of alkyl halides is 3. The number of amides is 2. The fourth-order valence-electron chi connectivity index (χ4n) is 8.85. The maximum absolute atomic E-state index is 13.7. The molecule has 2 N–H and O–H groups in total. The van der Waals surface area contributed by atoms with Crippen LogP contribution in [-0.4, -0.2) is 100 Å². The van der Waals surface area contributed by atoms with Gasteiger partial charge in [-0.1, -0.05) is 6.07 Å². The third-order valence-corrected chi connectivity index (χ3v) is 14.4. The molecule has 5 aromatic rings. The van der Waals surface area contributed by atoms with E-state index >= 15 is 0 Å². The maximum atomic E-state index is 13.7. The summed E-state index contributed by atoms with van der Waals surface area (Å²) < 4.78 is 82.8. The Morgan fingerprint density at radius 2 is 1.78 bits per heavy atom. The lowest BCUT2D eigenvalue weighted by Gasteiger charge is -2.51. The molecule has 1 spiro atoms. The van der Waals surface area contributed by atoms with Crippen molar-refractivity contribution in [3.05, 3.63) is 77.2 Å². The van der Waals surface area contributed by atoms with Crippen LogP contribution >= 0.6 is 0 Å². The van der Waals surface area contributed by atoms with Gasteiger partial charge in [-0.05, 0) is 87.0 Å². The standard InChI is InChI=1S/C40H42F3N9O7S/c1-49-21-24(19-45-49)34-29(40(41,42)43)20-44-37(48-34)46-25-5-7-27(8-6-25)60(56,57)28-17-39(18-28)11-13-50(14-12-39)15-16-58-26-22-51(23-26)30-3-2-4-31-35(30)59-38(55)52(31)32-9-10-33(53)47-36(32)54/h2-8,19-21,26,28,32H,9-18,22-23H2,1H3,(H,44,46,48)(H,47,53,54). The van der Waals surface area contributed by atoms with Crippen molar-refractivity contribution in [3.8, 4) is 11.3 Å². The molecule has 9 rings (SSSR count). The number of rotatable bonds is 11. The molecule has 1 aliphatic carbocycles. The van der Waals surface area contributed by atoms with E-state index in [1.54, 1.807) is 25.2 Å². The number of nitrogens with one attached hydrogen (secondary N) is 2. The zero-order valence-corrected chi connectivity index (χ0v) is 33.3. The summed E-state index contributed by atoms with van der Waals surface area (Å²) >= 11 is 0. The van der Waals surface area contributed by atoms with Crippen LogP contribution in [0.25, 0.3) is 22.4 Å². The van der Waals surface area contributed by atoms with E-state index in [1.807, 2.05) is 12.1 Å². The molecular formula is C40H42F3N9O7S. The Kier molecular flexibility index (Phi) is 10.1. The molecule has 1 unspecified atom stereocenters. The fraction of sp³-hybridized carbons (Fsp3) is 0.450. The van der Waals surface area contributed by atoms with E-state index in [2.05, 4.69) is 35.5 Å². The van der Waals surface area contributed by atoms with Crippen LogP contribution in [0.15, 0.2) is 75.2 Å². The van der Waals surface area contributed by atoms with Crippen molar-refractivity contribution in [1.29, 1.82) is 0 Å². The minimum absolute atomic E-state index is 0.00573. The molecular weight excluding hydrogens is 808 g/mol. The number of hydrogen-bond acceptors (Lipinski definition) is 13. The van der Waals surface area contributed by atoms with Crippen molar-refractivity contribution in [1.82, 2.24) is 34.5 Å². The highest BCUT2D eigenvalue weighted by molar-refractivity contribution is 7.92. The van der Waals surface area contributed by atoms with Crippen LogP contribution in [0.5, 0.6) is 0 Å². The molecule has 316 valence electrons. The summed E-state index contributed by atoms with van der Waals surface area (Å²) in [5.41, 5.74) is 0.933. The highest BCUT2D eigenvalue weighted by atomic mass is 32.2. The molecule has 3 aliphatic heterocycles. The zero-order chi connectivity index (χ0) is 42.0. The minimum atomic E-state index is -4.67. The number of aromatic nitrogens is 5. The summed E-state index contributed by atoms with van der Waals surface area (Å²) in [5, 5.41) is 8.65. The predicted octanol–water partition coefficient (Wildman–Crippen LogP) is 4.45. The van der Waals surface area contributed by atoms with Gasteiger partial charge < -0.3 is 24.3 Å². The Morgan fingerprint density at radius 1 is 1.03 bits per heavy atom. The van der Waals surface area contributed by atoms with Crippen LogP contribution in [0.4, 0.5) is 30.5 Å². The summed E-state index contributed by atoms with van der Waals surface area (Å²) in [5.74, 6) is -1.59. The van der Waals surface area contributed by atoms with Crippen LogP contribution < -0.4 is 21.3 Å². The number of likely N-dealkylation sites (tertiary alicyclic amines) is 1. The van der Waals surface area contributed by atoms with Gasteiger partial charge in [0, 0.05) is 56.7 Å². The Hall–Kier alpha value is -5.60. The lowest BCUT2D eigenvalue weighted by atomic mass is 9.63. The van der Waals surface area contributed by atoms with E-state index in [1.165, 1.54) is 33.8 Å². The average molecular weight is 850 g/mol. The molecule has 4 aliphatic rings. The van der Waals surface area contributed by atoms with E-state index in [-0.39, 0.29) is 52.4 Å². The molecule has 20 heteroatoms. The molecule has 1 atom stereocenters. The number of oxazole rings is 1. The molecule has 0 radical (unpaired) electrons. The minimum Gasteiger partial charge on any atom is -0.405 e. The van der Waals surface area contributed by atoms with Crippen LogP contribution in [-0.2, 0) is 37.4 Å². The molecule has 0 bridgehead atoms. The first kappa shape index (κ1) is 39.8. The van der Waals surface area contributed by atoms with Gasteiger partial charge in [-0.15, -0.1) is 0 Å². The van der Waals surface area contributed by atoms with Gasteiger partial charge in [-0.2, -0.15) is 18.3 Å². The van der Waals surface area contributed by atoms with Gasteiger partial charge in [-0.25, -0.2) is 23.2 Å². The smallest absolute Gasteiger partial charge is 0.405 e. The third-order valence-electron chi connectivity index (χ3n) is 12.3. The summed E-state index contributed by atoms with van der Waals surface area (Å²) in [4.78, 5) is 49.5. The molecule has 3 saturated heterocycles. The SMILES string of the molecule is Cn1cc(-c2nc(Nc3ccc(S(=O)(=O)C4CC5(CCN(CCOC6CN(c7cccc8c7oc(=O)n8C7CCC(=O)NC7=O)C6)CC5)C4)cc3)ncc2C(F)(F)F)cn1. The highest BCUT2D eigenvalue weighted by Gasteiger charge is 2.51. The normalized spacial score (nSPS) is 20.3. The Bertz CT molecular complexity index is 2620. The summed E-state index contributed by atoms with van der Waals surface area (Å²) in [6.45, 7) is 4.25. The number of anilines is 3. The van der Waals surface area contributed by atoms with Crippen LogP contribution in [0.3, 0.4) is 0 Å². The number of hydrogen-bond donors (Lipinski definition) is 2. The average Bonchev–Trinajstić information content (AvgIpc) is 3.77. The molecule has 1 saturated carbocycles. The van der Waals surface area contributed by atoms with Crippen LogP contribution in [0, 0.1) is 5.41 Å². The summed E-state index contributed by atoms with van der Waals surface area (Å²) in [6, 6.07) is 10.7. The first-order valence-corrected chi connectivity index (χ1v) is 21.3. The quantitative estimate of drug-likeness (QED) is 0.178. The van der Waals surface area contributed by atoms with Crippen molar-refractivity contribution in [3.63, 3.8) is 0 Å². The summed E-state index contributed by atoms with van der Waals surface area (Å²) in [7, 11) is -2.00. The van der Waals surface area contributed by atoms with Crippen molar-refractivity contribution >= 4 is 50.1 Å². The Morgan fingerprint density at radius 3 is 2.47 bits per heavy atom.